The van der Waals surface area contributed by atoms with Gasteiger partial charge in [0, 0.05) is 25.7 Å². The molecule has 2 saturated heterocycles. The number of fused-ring (bicyclic) bond motifs is 2. The summed E-state index contributed by atoms with van der Waals surface area (Å²) in [5.74, 6) is 0.835. The third-order valence-electron chi connectivity index (χ3n) is 9.55. The van der Waals surface area contributed by atoms with Crippen LogP contribution in [0.4, 0.5) is 0 Å². The van der Waals surface area contributed by atoms with Crippen molar-refractivity contribution in [3.63, 3.8) is 0 Å². The molecule has 194 valence electrons. The Hall–Kier alpha value is -1.77. The molecule has 2 aliphatic heterocycles. The van der Waals surface area contributed by atoms with E-state index in [1.54, 1.807) is 6.07 Å². The van der Waals surface area contributed by atoms with Crippen molar-refractivity contribution < 1.29 is 33.6 Å². The Labute approximate surface area is 212 Å². The third-order valence-corrected chi connectivity index (χ3v) is 9.55. The van der Waals surface area contributed by atoms with E-state index in [1.165, 1.54) is 5.57 Å². The average molecular weight is 497 g/mol. The van der Waals surface area contributed by atoms with Crippen LogP contribution in [-0.4, -0.2) is 61.3 Å². The first-order valence-corrected chi connectivity index (χ1v) is 13.7. The molecule has 7 rings (SSSR count). The summed E-state index contributed by atoms with van der Waals surface area (Å²) in [6.07, 6.45) is 9.27. The van der Waals surface area contributed by atoms with Crippen LogP contribution in [0.25, 0.3) is 6.08 Å². The van der Waals surface area contributed by atoms with E-state index in [0.29, 0.717) is 68.5 Å². The quantitative estimate of drug-likeness (QED) is 0.629. The molecule has 4 atom stereocenters. The molecular formula is C29H36O7. The molecule has 7 heteroatoms. The number of allylic oxidation sites excluding steroid dienone is 1. The van der Waals surface area contributed by atoms with Crippen molar-refractivity contribution in [2.75, 3.05) is 33.0 Å². The highest BCUT2D eigenvalue weighted by Gasteiger charge is 2.57. The molecule has 6 aliphatic rings. The Morgan fingerprint density at radius 3 is 2.00 bits per heavy atom. The van der Waals surface area contributed by atoms with Crippen LogP contribution >= 0.6 is 0 Å². The molecule has 6 fully saturated rings. The number of hydrogen-bond donors (Lipinski definition) is 1. The molecule has 1 N–H and O–H groups in total. The van der Waals surface area contributed by atoms with Crippen molar-refractivity contribution in [2.45, 2.75) is 68.5 Å². The minimum atomic E-state index is -0.962. The summed E-state index contributed by atoms with van der Waals surface area (Å²) in [6.45, 7) is 2.78. The molecule has 1 aromatic carbocycles. The van der Waals surface area contributed by atoms with E-state index in [0.717, 1.165) is 44.1 Å². The van der Waals surface area contributed by atoms with E-state index < -0.39 is 11.4 Å². The molecule has 2 heterocycles. The number of ether oxygens (including phenoxy) is 5. The lowest BCUT2D eigenvalue weighted by Crippen LogP contribution is -2.35. The molecule has 4 saturated carbocycles. The molecule has 0 radical (unpaired) electrons. The fourth-order valence-corrected chi connectivity index (χ4v) is 8.18. The van der Waals surface area contributed by atoms with Crippen molar-refractivity contribution >= 4 is 12.0 Å². The Kier molecular flexibility index (Phi) is 5.60. The number of esters is 1. The molecule has 1 aromatic rings. The van der Waals surface area contributed by atoms with Crippen LogP contribution < -0.4 is 0 Å². The smallest absolute Gasteiger partial charge is 0.338 e. The van der Waals surface area contributed by atoms with Crippen LogP contribution in [0.2, 0.25) is 0 Å². The van der Waals surface area contributed by atoms with Gasteiger partial charge in [-0.3, -0.25) is 0 Å². The monoisotopic (exact) mass is 496 g/mol. The Balaban J connectivity index is 0.945. The van der Waals surface area contributed by atoms with Crippen LogP contribution in [0.1, 0.15) is 67.3 Å². The van der Waals surface area contributed by atoms with E-state index in [4.69, 9.17) is 23.7 Å². The fourth-order valence-electron chi connectivity index (χ4n) is 8.18. The van der Waals surface area contributed by atoms with Crippen LogP contribution in [-0.2, 0) is 23.7 Å². The summed E-state index contributed by atoms with van der Waals surface area (Å²) in [6, 6.07) is 7.64. The second kappa shape index (κ2) is 8.63. The molecule has 4 unspecified atom stereocenters. The van der Waals surface area contributed by atoms with E-state index in [2.05, 4.69) is 6.08 Å². The lowest BCUT2D eigenvalue weighted by atomic mass is 9.97. The van der Waals surface area contributed by atoms with Gasteiger partial charge in [0.15, 0.2) is 11.6 Å². The number of benzene rings is 1. The predicted molar refractivity (Wildman–Crippen MR) is 130 cm³/mol. The molecule has 0 amide bonds. The van der Waals surface area contributed by atoms with Crippen LogP contribution in [0, 0.1) is 23.7 Å². The second-order valence-electron chi connectivity index (χ2n) is 12.1. The van der Waals surface area contributed by atoms with Crippen LogP contribution in [0.5, 0.6) is 0 Å². The lowest BCUT2D eigenvalue weighted by molar-refractivity contribution is -0.159. The minimum absolute atomic E-state index is 0.0358. The molecule has 0 bridgehead atoms. The van der Waals surface area contributed by atoms with Crippen molar-refractivity contribution in [2.24, 2.45) is 23.7 Å². The summed E-state index contributed by atoms with van der Waals surface area (Å²) in [7, 11) is 0. The van der Waals surface area contributed by atoms with Crippen molar-refractivity contribution in [1.29, 1.82) is 0 Å². The molecule has 2 spiro atoms. The van der Waals surface area contributed by atoms with E-state index in [1.807, 2.05) is 18.2 Å². The summed E-state index contributed by atoms with van der Waals surface area (Å²) >= 11 is 0. The normalized spacial score (nSPS) is 37.6. The number of carbonyl (C=O) groups excluding carboxylic acids is 1. The van der Waals surface area contributed by atoms with Gasteiger partial charge < -0.3 is 28.8 Å². The maximum Gasteiger partial charge on any atom is 0.338 e. The first-order chi connectivity index (χ1) is 17.4. The van der Waals surface area contributed by atoms with Gasteiger partial charge in [-0.2, -0.15) is 0 Å². The number of rotatable bonds is 4. The highest BCUT2D eigenvalue weighted by atomic mass is 16.7. The lowest BCUT2D eigenvalue weighted by Gasteiger charge is -2.27. The molecule has 0 aromatic heterocycles. The first-order valence-electron chi connectivity index (χ1n) is 13.7. The summed E-state index contributed by atoms with van der Waals surface area (Å²) in [5.41, 5.74) is 2.03. The molecule has 36 heavy (non-hydrogen) atoms. The summed E-state index contributed by atoms with van der Waals surface area (Å²) < 4.78 is 29.2. The van der Waals surface area contributed by atoms with Gasteiger partial charge in [0.2, 0.25) is 0 Å². The van der Waals surface area contributed by atoms with Crippen molar-refractivity contribution in [3.8, 4) is 0 Å². The van der Waals surface area contributed by atoms with E-state index in [9.17, 15) is 9.90 Å². The van der Waals surface area contributed by atoms with Gasteiger partial charge >= 0.3 is 5.97 Å². The molecule has 7 nitrogen and oxygen atoms in total. The zero-order valence-corrected chi connectivity index (χ0v) is 20.8. The third kappa shape index (κ3) is 4.23. The number of aliphatic hydroxyl groups is 1. The van der Waals surface area contributed by atoms with E-state index in [-0.39, 0.29) is 18.4 Å². The number of hydrogen-bond acceptors (Lipinski definition) is 7. The Bertz CT molecular complexity index is 1020. The summed E-state index contributed by atoms with van der Waals surface area (Å²) in [4.78, 5) is 12.9. The number of carbonyl (C=O) groups is 1. The van der Waals surface area contributed by atoms with Crippen LogP contribution in [0.15, 0.2) is 29.8 Å². The largest absolute Gasteiger partial charge is 0.459 e. The molecular weight excluding hydrogens is 460 g/mol. The van der Waals surface area contributed by atoms with Gasteiger partial charge in [0.25, 0.3) is 0 Å². The van der Waals surface area contributed by atoms with Crippen molar-refractivity contribution in [3.05, 3.63) is 41.0 Å². The highest BCUT2D eigenvalue weighted by Crippen LogP contribution is 2.55. The molecule has 4 aliphatic carbocycles. The van der Waals surface area contributed by atoms with Gasteiger partial charge in [-0.15, -0.1) is 0 Å². The second-order valence-corrected chi connectivity index (χ2v) is 12.1. The summed E-state index contributed by atoms with van der Waals surface area (Å²) in [5, 5.41) is 11.1. The topological polar surface area (TPSA) is 83.5 Å². The zero-order valence-electron chi connectivity index (χ0n) is 20.8. The zero-order chi connectivity index (χ0) is 24.4. The van der Waals surface area contributed by atoms with Gasteiger partial charge in [0.1, 0.15) is 6.61 Å². The first kappa shape index (κ1) is 23.4. The van der Waals surface area contributed by atoms with Crippen molar-refractivity contribution in [1.82, 2.24) is 0 Å². The predicted octanol–water partition coefficient (Wildman–Crippen LogP) is 4.08. The van der Waals surface area contributed by atoms with E-state index >= 15 is 0 Å². The van der Waals surface area contributed by atoms with Gasteiger partial charge in [-0.05, 0) is 67.1 Å². The Morgan fingerprint density at radius 2 is 1.42 bits per heavy atom. The fraction of sp³-hybridized carbons (Fsp3) is 0.690. The van der Waals surface area contributed by atoms with Crippen LogP contribution in [0.3, 0.4) is 0 Å². The van der Waals surface area contributed by atoms with Gasteiger partial charge in [-0.25, -0.2) is 4.79 Å². The highest BCUT2D eigenvalue weighted by molar-refractivity contribution is 5.90. The Morgan fingerprint density at radius 1 is 0.861 bits per heavy atom. The minimum Gasteiger partial charge on any atom is -0.459 e. The maximum absolute atomic E-state index is 12.9. The van der Waals surface area contributed by atoms with Gasteiger partial charge in [0.05, 0.1) is 37.6 Å². The van der Waals surface area contributed by atoms with Gasteiger partial charge in [-0.1, -0.05) is 23.8 Å². The SMILES string of the molecule is O=C(OCC1(O)CC2CC3(CC2C1)OCCO3)c1cccc(C=C2CC3CC4(CC3C2)OCCO4)c1. The standard InChI is InChI=1S/C29H36O7/c30-26(32-18-27(31)12-24-16-29(17-25(24)13-27)35-6-7-36-29)21-3-1-2-19(9-21)8-20-10-22-14-28(15-23(22)11-20)33-4-5-34-28/h1-3,8-9,22-25,31H,4-7,10-18H2. The maximum atomic E-state index is 12.9. The average Bonchev–Trinajstić information content (AvgIpc) is 3.67.